The van der Waals surface area contributed by atoms with Crippen molar-refractivity contribution in [2.45, 2.75) is 13.5 Å². The Morgan fingerprint density at radius 2 is 2.67 bits per heavy atom. The van der Waals surface area contributed by atoms with Gasteiger partial charge in [0.2, 0.25) is 6.33 Å². The zero-order valence-electron chi connectivity index (χ0n) is 5.49. The lowest BCUT2D eigenvalue weighted by Crippen LogP contribution is -2.28. The van der Waals surface area contributed by atoms with E-state index in [1.165, 1.54) is 0 Å². The fraction of sp³-hybridized carbons (Fsp3) is 0.333. The van der Waals surface area contributed by atoms with E-state index in [-0.39, 0.29) is 0 Å². The molecule has 3 nitrogen and oxygen atoms in total. The van der Waals surface area contributed by atoms with Crippen LogP contribution < -0.4 is 4.57 Å². The summed E-state index contributed by atoms with van der Waals surface area (Å²) in [5.41, 5.74) is 0. The average molecular weight is 124 g/mol. The number of aromatic nitrogens is 3. The molecule has 9 heavy (non-hydrogen) atoms. The highest BCUT2D eigenvalue weighted by Gasteiger charge is 1.96. The molecule has 1 aromatic rings. The Balaban J connectivity index is 2.86. The predicted octanol–water partition coefficient (Wildman–Crippen LogP) is 0.291. The molecule has 0 N–H and O–H groups in total. The minimum atomic E-state index is 0.952. The number of aryl methyl sites for hydroxylation is 1. The van der Waals surface area contributed by atoms with E-state index in [0.717, 1.165) is 6.54 Å². The van der Waals surface area contributed by atoms with E-state index in [0.29, 0.717) is 0 Å². The highest BCUT2D eigenvalue weighted by atomic mass is 15.3. The van der Waals surface area contributed by atoms with Crippen LogP contribution in [0.2, 0.25) is 0 Å². The summed E-state index contributed by atoms with van der Waals surface area (Å²) in [6, 6.07) is 0. The number of nitrogens with zero attached hydrogens (tertiary/aromatic N) is 3. The van der Waals surface area contributed by atoms with Gasteiger partial charge in [0, 0.05) is 5.10 Å². The highest BCUT2D eigenvalue weighted by molar-refractivity contribution is 5.09. The molecule has 0 aliphatic heterocycles. The minimum absolute atomic E-state index is 0.952. The van der Waals surface area contributed by atoms with Crippen LogP contribution in [-0.2, 0) is 6.54 Å². The fourth-order valence-corrected chi connectivity index (χ4v) is 0.595. The van der Waals surface area contributed by atoms with Gasteiger partial charge in [0.05, 0.1) is 12.7 Å². The molecule has 0 saturated carbocycles. The van der Waals surface area contributed by atoms with Crippen molar-refractivity contribution in [1.29, 1.82) is 0 Å². The summed E-state index contributed by atoms with van der Waals surface area (Å²) in [6.07, 6.45) is 5.31. The van der Waals surface area contributed by atoms with Crippen LogP contribution in [0.15, 0.2) is 19.2 Å². The van der Waals surface area contributed by atoms with Crippen LogP contribution in [0.25, 0.3) is 6.20 Å². The standard InChI is InChI=1S/C6H10N3/c1-3-8-5-7-9(4-2)6-8/h4-6H,2-3H2,1H3/q+1. The van der Waals surface area contributed by atoms with Gasteiger partial charge in [0.25, 0.3) is 6.33 Å². The number of hydrogen-bond donors (Lipinski definition) is 0. The Morgan fingerprint density at radius 3 is 3.00 bits per heavy atom. The lowest BCUT2D eigenvalue weighted by molar-refractivity contribution is -0.694. The maximum Gasteiger partial charge on any atom is 0.265 e. The Hall–Kier alpha value is -1.12. The van der Waals surface area contributed by atoms with Crippen molar-refractivity contribution in [1.82, 2.24) is 9.78 Å². The molecule has 0 fully saturated rings. The molecular weight excluding hydrogens is 114 g/mol. The van der Waals surface area contributed by atoms with Crippen molar-refractivity contribution in [3.05, 3.63) is 19.2 Å². The monoisotopic (exact) mass is 124 g/mol. The van der Waals surface area contributed by atoms with Gasteiger partial charge in [-0.05, 0) is 6.92 Å². The lowest BCUT2D eigenvalue weighted by Gasteiger charge is -1.80. The van der Waals surface area contributed by atoms with E-state index >= 15 is 0 Å². The topological polar surface area (TPSA) is 21.7 Å². The van der Waals surface area contributed by atoms with Gasteiger partial charge in [-0.1, -0.05) is 11.3 Å². The molecular formula is C6H10N3+. The smallest absolute Gasteiger partial charge is 0.237 e. The quantitative estimate of drug-likeness (QED) is 0.519. The average Bonchev–Trinajstić information content (AvgIpc) is 2.34. The largest absolute Gasteiger partial charge is 0.265 e. The summed E-state index contributed by atoms with van der Waals surface area (Å²) in [7, 11) is 0. The van der Waals surface area contributed by atoms with Gasteiger partial charge in [0.15, 0.2) is 0 Å². The van der Waals surface area contributed by atoms with Gasteiger partial charge in [-0.3, -0.25) is 0 Å². The summed E-state index contributed by atoms with van der Waals surface area (Å²) in [5.74, 6) is 0. The lowest BCUT2D eigenvalue weighted by atomic mass is 10.7. The van der Waals surface area contributed by atoms with Crippen LogP contribution in [0, 0.1) is 0 Å². The van der Waals surface area contributed by atoms with Crippen LogP contribution >= 0.6 is 0 Å². The van der Waals surface area contributed by atoms with Crippen LogP contribution in [0.4, 0.5) is 0 Å². The molecule has 0 aliphatic rings. The van der Waals surface area contributed by atoms with E-state index in [2.05, 4.69) is 18.6 Å². The third-order valence-electron chi connectivity index (χ3n) is 1.15. The molecule has 0 atom stereocenters. The maximum absolute atomic E-state index is 3.97. The van der Waals surface area contributed by atoms with Crippen molar-refractivity contribution < 1.29 is 4.57 Å². The van der Waals surface area contributed by atoms with Crippen LogP contribution in [-0.4, -0.2) is 9.78 Å². The van der Waals surface area contributed by atoms with Gasteiger partial charge in [0.1, 0.15) is 0 Å². The second kappa shape index (κ2) is 2.44. The van der Waals surface area contributed by atoms with Crippen molar-refractivity contribution in [2.24, 2.45) is 0 Å². The molecule has 3 heteroatoms. The van der Waals surface area contributed by atoms with E-state index in [9.17, 15) is 0 Å². The van der Waals surface area contributed by atoms with Gasteiger partial charge in [-0.25, -0.2) is 4.57 Å². The van der Waals surface area contributed by atoms with Gasteiger partial charge < -0.3 is 0 Å². The Labute approximate surface area is 54.2 Å². The van der Waals surface area contributed by atoms with E-state index in [4.69, 9.17) is 0 Å². The molecule has 0 amide bonds. The third kappa shape index (κ3) is 1.16. The van der Waals surface area contributed by atoms with Crippen molar-refractivity contribution in [3.63, 3.8) is 0 Å². The predicted molar refractivity (Wildman–Crippen MR) is 34.5 cm³/mol. The number of rotatable bonds is 2. The second-order valence-electron chi connectivity index (χ2n) is 1.74. The van der Waals surface area contributed by atoms with Gasteiger partial charge in [-0.15, -0.1) is 0 Å². The van der Waals surface area contributed by atoms with Crippen LogP contribution in [0.1, 0.15) is 6.92 Å². The van der Waals surface area contributed by atoms with E-state index in [1.54, 1.807) is 17.2 Å². The minimum Gasteiger partial charge on any atom is -0.237 e. The first kappa shape index (κ1) is 6.01. The molecule has 0 aliphatic carbocycles. The van der Waals surface area contributed by atoms with E-state index < -0.39 is 0 Å². The van der Waals surface area contributed by atoms with Gasteiger partial charge in [-0.2, -0.15) is 0 Å². The Kier molecular flexibility index (Phi) is 1.63. The zero-order valence-corrected chi connectivity index (χ0v) is 5.49. The Morgan fingerprint density at radius 1 is 1.89 bits per heavy atom. The molecule has 0 radical (unpaired) electrons. The second-order valence-corrected chi connectivity index (χ2v) is 1.74. The highest BCUT2D eigenvalue weighted by Crippen LogP contribution is 1.75. The molecule has 0 bridgehead atoms. The van der Waals surface area contributed by atoms with Crippen molar-refractivity contribution in [3.8, 4) is 0 Å². The summed E-state index contributed by atoms with van der Waals surface area (Å²) < 4.78 is 3.64. The normalized spacial score (nSPS) is 9.44. The molecule has 1 aromatic heterocycles. The van der Waals surface area contributed by atoms with Crippen LogP contribution in [0.5, 0.6) is 0 Å². The molecule has 1 rings (SSSR count). The molecule has 0 aromatic carbocycles. The molecule has 48 valence electrons. The van der Waals surface area contributed by atoms with Crippen LogP contribution in [0.3, 0.4) is 0 Å². The van der Waals surface area contributed by atoms with Crippen molar-refractivity contribution >= 4 is 6.20 Å². The van der Waals surface area contributed by atoms with Crippen molar-refractivity contribution in [2.75, 3.05) is 0 Å². The summed E-state index contributed by atoms with van der Waals surface area (Å²) in [5, 5.41) is 3.97. The number of hydrogen-bond acceptors (Lipinski definition) is 1. The van der Waals surface area contributed by atoms with Gasteiger partial charge >= 0.3 is 0 Å². The first-order chi connectivity index (χ1) is 4.36. The first-order valence-corrected chi connectivity index (χ1v) is 2.92. The molecule has 0 spiro atoms. The zero-order chi connectivity index (χ0) is 6.69. The SMILES string of the molecule is C=Cn1c[n+](CC)cn1. The molecule has 0 saturated heterocycles. The van der Waals surface area contributed by atoms with E-state index in [1.807, 2.05) is 10.9 Å². The summed E-state index contributed by atoms with van der Waals surface area (Å²) in [6.45, 7) is 6.58. The molecule has 1 heterocycles. The Bertz CT molecular complexity index is 202. The maximum atomic E-state index is 3.97. The fourth-order valence-electron chi connectivity index (χ4n) is 0.595. The summed E-state index contributed by atoms with van der Waals surface area (Å²) in [4.78, 5) is 0. The summed E-state index contributed by atoms with van der Waals surface area (Å²) >= 11 is 0. The molecule has 0 unspecified atom stereocenters. The third-order valence-corrected chi connectivity index (χ3v) is 1.15. The first-order valence-electron chi connectivity index (χ1n) is 2.92.